The zero-order chi connectivity index (χ0) is 19.8. The molecule has 7 heteroatoms. The molecule has 0 atom stereocenters. The number of nitrogens with zero attached hydrogens (tertiary/aromatic N) is 1. The third-order valence-electron chi connectivity index (χ3n) is 4.62. The van der Waals surface area contributed by atoms with Crippen LogP contribution in [0.15, 0.2) is 12.1 Å². The largest absolute Gasteiger partial charge is 0.484 e. The van der Waals surface area contributed by atoms with Gasteiger partial charge in [-0.05, 0) is 56.4 Å². The Morgan fingerprint density at radius 3 is 2.44 bits per heavy atom. The summed E-state index contributed by atoms with van der Waals surface area (Å²) in [5.74, 6) is 0.471. The van der Waals surface area contributed by atoms with Crippen LogP contribution in [-0.4, -0.2) is 49.2 Å². The number of ether oxygens (including phenoxy) is 2. The first-order valence-corrected chi connectivity index (χ1v) is 9.89. The number of aryl methyl sites for hydroxylation is 2. The number of piperidine rings is 1. The monoisotopic (exact) mass is 396 g/mol. The summed E-state index contributed by atoms with van der Waals surface area (Å²) in [6.45, 7) is 7.47. The second kappa shape index (κ2) is 10.4. The minimum atomic E-state index is -0.259. The molecule has 1 saturated heterocycles. The van der Waals surface area contributed by atoms with Gasteiger partial charge in [-0.25, -0.2) is 4.79 Å². The van der Waals surface area contributed by atoms with Gasteiger partial charge < -0.3 is 19.7 Å². The summed E-state index contributed by atoms with van der Waals surface area (Å²) in [5, 5.41) is 3.69. The highest BCUT2D eigenvalue weighted by atomic mass is 35.5. The molecule has 1 aromatic carbocycles. The number of hydrogen-bond acceptors (Lipinski definition) is 4. The van der Waals surface area contributed by atoms with Crippen LogP contribution in [0, 0.1) is 13.8 Å². The van der Waals surface area contributed by atoms with E-state index in [0.717, 1.165) is 24.0 Å². The van der Waals surface area contributed by atoms with Gasteiger partial charge in [-0.2, -0.15) is 0 Å². The Kier molecular flexibility index (Phi) is 8.23. The minimum Gasteiger partial charge on any atom is -0.484 e. The van der Waals surface area contributed by atoms with E-state index >= 15 is 0 Å². The Bertz CT molecular complexity index is 634. The molecule has 0 unspecified atom stereocenters. The fraction of sp³-hybridized carbons (Fsp3) is 0.600. The third-order valence-corrected chi connectivity index (χ3v) is 5.22. The van der Waals surface area contributed by atoms with E-state index in [1.54, 1.807) is 4.90 Å². The highest BCUT2D eigenvalue weighted by Gasteiger charge is 2.24. The van der Waals surface area contributed by atoms with Gasteiger partial charge in [0.2, 0.25) is 0 Å². The van der Waals surface area contributed by atoms with E-state index in [-0.39, 0.29) is 24.6 Å². The number of carbonyl (C=O) groups is 2. The van der Waals surface area contributed by atoms with Crippen LogP contribution in [0.1, 0.15) is 43.7 Å². The predicted octanol–water partition coefficient (Wildman–Crippen LogP) is 3.85. The number of amides is 2. The first kappa shape index (κ1) is 21.4. The molecule has 2 rings (SSSR count). The lowest BCUT2D eigenvalue weighted by molar-refractivity contribution is -0.124. The number of nitrogens with one attached hydrogen (secondary N) is 1. The average molecular weight is 397 g/mol. The Morgan fingerprint density at radius 2 is 1.85 bits per heavy atom. The Balaban J connectivity index is 1.71. The number of rotatable bonds is 7. The summed E-state index contributed by atoms with van der Waals surface area (Å²) in [6.07, 6.45) is 3.05. The molecule has 2 amide bonds. The number of halogens is 1. The second-order valence-corrected chi connectivity index (χ2v) is 7.33. The molecule has 0 saturated carbocycles. The highest BCUT2D eigenvalue weighted by molar-refractivity contribution is 6.32. The fourth-order valence-electron chi connectivity index (χ4n) is 3.01. The molecule has 0 bridgehead atoms. The smallest absolute Gasteiger partial charge is 0.409 e. The molecule has 27 heavy (non-hydrogen) atoms. The zero-order valence-electron chi connectivity index (χ0n) is 16.3. The second-order valence-electron chi connectivity index (χ2n) is 6.96. The molecule has 0 spiro atoms. The standard InChI is InChI=1S/C20H29ClN2O4/c1-4-5-10-26-20(25)23-8-6-16(7-9-23)22-18(24)13-27-17-11-14(2)19(21)15(3)12-17/h11-12,16H,4-10,13H2,1-3H3,(H,22,24). The van der Waals surface area contributed by atoms with Crippen molar-refractivity contribution in [2.24, 2.45) is 0 Å². The van der Waals surface area contributed by atoms with Crippen molar-refractivity contribution in [3.05, 3.63) is 28.3 Å². The fourth-order valence-corrected chi connectivity index (χ4v) is 3.12. The van der Waals surface area contributed by atoms with Crippen LogP contribution in [0.3, 0.4) is 0 Å². The topological polar surface area (TPSA) is 67.9 Å². The van der Waals surface area contributed by atoms with Crippen molar-refractivity contribution in [2.45, 2.75) is 52.5 Å². The number of unbranched alkanes of at least 4 members (excludes halogenated alkanes) is 1. The van der Waals surface area contributed by atoms with Gasteiger partial charge in [0, 0.05) is 24.2 Å². The SMILES string of the molecule is CCCCOC(=O)N1CCC(NC(=O)COc2cc(C)c(Cl)c(C)c2)CC1. The summed E-state index contributed by atoms with van der Waals surface area (Å²) < 4.78 is 10.8. The van der Waals surface area contributed by atoms with E-state index in [4.69, 9.17) is 21.1 Å². The van der Waals surface area contributed by atoms with Gasteiger partial charge >= 0.3 is 6.09 Å². The molecule has 1 heterocycles. The van der Waals surface area contributed by atoms with Gasteiger partial charge in [0.25, 0.3) is 5.91 Å². The maximum absolute atomic E-state index is 12.1. The van der Waals surface area contributed by atoms with Crippen molar-refractivity contribution >= 4 is 23.6 Å². The van der Waals surface area contributed by atoms with Crippen LogP contribution in [-0.2, 0) is 9.53 Å². The summed E-state index contributed by atoms with van der Waals surface area (Å²) in [5.41, 5.74) is 1.84. The van der Waals surface area contributed by atoms with Gasteiger partial charge in [0.15, 0.2) is 6.61 Å². The maximum Gasteiger partial charge on any atom is 0.409 e. The van der Waals surface area contributed by atoms with Crippen molar-refractivity contribution in [3.8, 4) is 5.75 Å². The van der Waals surface area contributed by atoms with E-state index in [1.807, 2.05) is 26.0 Å². The van der Waals surface area contributed by atoms with Crippen molar-refractivity contribution in [3.63, 3.8) is 0 Å². The lowest BCUT2D eigenvalue weighted by atomic mass is 10.1. The molecular formula is C20H29ClN2O4. The van der Waals surface area contributed by atoms with Gasteiger partial charge in [-0.1, -0.05) is 24.9 Å². The lowest BCUT2D eigenvalue weighted by Gasteiger charge is -2.31. The summed E-state index contributed by atoms with van der Waals surface area (Å²) in [7, 11) is 0. The van der Waals surface area contributed by atoms with Crippen LogP contribution < -0.4 is 10.1 Å². The van der Waals surface area contributed by atoms with E-state index in [1.165, 1.54) is 0 Å². The minimum absolute atomic E-state index is 0.0419. The number of carbonyl (C=O) groups excluding carboxylic acids is 2. The van der Waals surface area contributed by atoms with Gasteiger partial charge in [0.1, 0.15) is 5.75 Å². The summed E-state index contributed by atoms with van der Waals surface area (Å²) >= 11 is 6.14. The number of hydrogen-bond donors (Lipinski definition) is 1. The molecule has 1 aliphatic heterocycles. The normalized spacial score (nSPS) is 14.7. The van der Waals surface area contributed by atoms with E-state index in [0.29, 0.717) is 43.3 Å². The van der Waals surface area contributed by atoms with Crippen molar-refractivity contribution in [2.75, 3.05) is 26.3 Å². The number of benzene rings is 1. The Labute approximate surface area is 166 Å². The van der Waals surface area contributed by atoms with Crippen LogP contribution in [0.2, 0.25) is 5.02 Å². The summed E-state index contributed by atoms with van der Waals surface area (Å²) in [4.78, 5) is 25.8. The van der Waals surface area contributed by atoms with Crippen LogP contribution >= 0.6 is 11.6 Å². The molecule has 0 aromatic heterocycles. The molecule has 0 aliphatic carbocycles. The van der Waals surface area contributed by atoms with Crippen LogP contribution in [0.5, 0.6) is 5.75 Å². The van der Waals surface area contributed by atoms with Crippen molar-refractivity contribution in [1.82, 2.24) is 10.2 Å². The summed E-state index contributed by atoms with van der Waals surface area (Å²) in [6, 6.07) is 3.70. The van der Waals surface area contributed by atoms with Gasteiger partial charge in [0.05, 0.1) is 6.61 Å². The first-order valence-electron chi connectivity index (χ1n) is 9.51. The van der Waals surface area contributed by atoms with E-state index in [2.05, 4.69) is 12.2 Å². The predicted molar refractivity (Wildman–Crippen MR) is 105 cm³/mol. The molecule has 1 N–H and O–H groups in total. The van der Waals surface area contributed by atoms with Crippen LogP contribution in [0.25, 0.3) is 0 Å². The first-order chi connectivity index (χ1) is 12.9. The molecule has 1 aliphatic rings. The maximum atomic E-state index is 12.1. The van der Waals surface area contributed by atoms with Crippen LogP contribution in [0.4, 0.5) is 4.79 Å². The Morgan fingerprint density at radius 1 is 1.22 bits per heavy atom. The van der Waals surface area contributed by atoms with Crippen molar-refractivity contribution in [1.29, 1.82) is 0 Å². The number of likely N-dealkylation sites (tertiary alicyclic amines) is 1. The van der Waals surface area contributed by atoms with Crippen molar-refractivity contribution < 1.29 is 19.1 Å². The van der Waals surface area contributed by atoms with E-state index in [9.17, 15) is 9.59 Å². The third kappa shape index (κ3) is 6.61. The molecule has 1 aromatic rings. The van der Waals surface area contributed by atoms with Gasteiger partial charge in [-0.15, -0.1) is 0 Å². The average Bonchev–Trinajstić information content (AvgIpc) is 2.65. The highest BCUT2D eigenvalue weighted by Crippen LogP contribution is 2.25. The zero-order valence-corrected chi connectivity index (χ0v) is 17.1. The Hall–Kier alpha value is -1.95. The lowest BCUT2D eigenvalue weighted by Crippen LogP contribution is -2.47. The molecular weight excluding hydrogens is 368 g/mol. The van der Waals surface area contributed by atoms with Gasteiger partial charge in [-0.3, -0.25) is 4.79 Å². The molecule has 150 valence electrons. The van der Waals surface area contributed by atoms with E-state index < -0.39 is 0 Å². The molecule has 6 nitrogen and oxygen atoms in total. The quantitative estimate of drug-likeness (QED) is 0.711. The molecule has 1 fully saturated rings. The molecule has 0 radical (unpaired) electrons.